The number of carbonyl (C=O) groups is 2. The van der Waals surface area contributed by atoms with E-state index < -0.39 is 0 Å². The third-order valence-electron chi connectivity index (χ3n) is 4.56. The maximum Gasteiger partial charge on any atom is 0.244 e. The number of likely N-dealkylation sites (N-methyl/N-ethyl adjacent to an activating group) is 1. The number of amides is 2. The zero-order chi connectivity index (χ0) is 21.3. The lowest BCUT2D eigenvalue weighted by Crippen LogP contribution is -2.33. The lowest BCUT2D eigenvalue weighted by atomic mass is 10.1. The molecule has 1 aromatic heterocycles. The molecule has 2 amide bonds. The highest BCUT2D eigenvalue weighted by Crippen LogP contribution is 2.11. The summed E-state index contributed by atoms with van der Waals surface area (Å²) in [6.45, 7) is 2.99. The van der Waals surface area contributed by atoms with Gasteiger partial charge in [-0.2, -0.15) is 5.10 Å². The molecular formula is C23H26N4O3. The molecular weight excluding hydrogens is 380 g/mol. The Morgan fingerprint density at radius 2 is 1.83 bits per heavy atom. The van der Waals surface area contributed by atoms with E-state index in [0.29, 0.717) is 18.8 Å². The zero-order valence-corrected chi connectivity index (χ0v) is 17.2. The van der Waals surface area contributed by atoms with E-state index in [0.717, 1.165) is 11.3 Å². The number of aryl methyl sites for hydroxylation is 1. The van der Waals surface area contributed by atoms with E-state index in [1.54, 1.807) is 18.1 Å². The summed E-state index contributed by atoms with van der Waals surface area (Å²) in [6, 6.07) is 17.3. The van der Waals surface area contributed by atoms with Crippen molar-refractivity contribution in [3.63, 3.8) is 0 Å². The second kappa shape index (κ2) is 10.2. The molecule has 0 bridgehead atoms. The molecule has 0 unspecified atom stereocenters. The summed E-state index contributed by atoms with van der Waals surface area (Å²) in [6.07, 6.45) is 3.47. The summed E-state index contributed by atoms with van der Waals surface area (Å²) in [5.41, 5.74) is 2.67. The highest BCUT2D eigenvalue weighted by molar-refractivity contribution is 5.92. The molecule has 0 saturated heterocycles. The number of nitrogens with one attached hydrogen (secondary N) is 1. The number of hydrogen-bond acceptors (Lipinski definition) is 4. The molecule has 0 saturated carbocycles. The van der Waals surface area contributed by atoms with E-state index in [1.807, 2.05) is 61.5 Å². The summed E-state index contributed by atoms with van der Waals surface area (Å²) in [5, 5.41) is 6.96. The minimum Gasteiger partial charge on any atom is -0.492 e. The minimum atomic E-state index is -0.127. The summed E-state index contributed by atoms with van der Waals surface area (Å²) in [7, 11) is 1.73. The van der Waals surface area contributed by atoms with Gasteiger partial charge in [-0.1, -0.05) is 48.0 Å². The van der Waals surface area contributed by atoms with Crippen molar-refractivity contribution in [2.24, 2.45) is 0 Å². The van der Waals surface area contributed by atoms with Crippen LogP contribution >= 0.6 is 0 Å². The van der Waals surface area contributed by atoms with Gasteiger partial charge in [-0.05, 0) is 24.6 Å². The lowest BCUT2D eigenvalue weighted by Gasteiger charge is -2.17. The van der Waals surface area contributed by atoms with Crippen LogP contribution in [0, 0.1) is 6.92 Å². The Bertz CT molecular complexity index is 968. The maximum absolute atomic E-state index is 12.4. The first-order valence-electron chi connectivity index (χ1n) is 9.79. The van der Waals surface area contributed by atoms with Crippen molar-refractivity contribution >= 4 is 17.5 Å². The van der Waals surface area contributed by atoms with E-state index in [1.165, 1.54) is 16.4 Å². The second-order valence-electron chi connectivity index (χ2n) is 7.11. The summed E-state index contributed by atoms with van der Waals surface area (Å²) >= 11 is 0. The monoisotopic (exact) mass is 406 g/mol. The van der Waals surface area contributed by atoms with Crippen LogP contribution in [0.1, 0.15) is 11.1 Å². The van der Waals surface area contributed by atoms with Crippen molar-refractivity contribution in [2.75, 3.05) is 25.5 Å². The van der Waals surface area contributed by atoms with Crippen LogP contribution in [0.15, 0.2) is 67.0 Å². The number of anilines is 1. The Morgan fingerprint density at radius 3 is 2.57 bits per heavy atom. The molecule has 0 radical (unpaired) electrons. The highest BCUT2D eigenvalue weighted by Gasteiger charge is 2.12. The van der Waals surface area contributed by atoms with Gasteiger partial charge >= 0.3 is 0 Å². The minimum absolute atomic E-state index is 0.0900. The number of carbonyl (C=O) groups excluding carboxylic acids is 2. The van der Waals surface area contributed by atoms with E-state index >= 15 is 0 Å². The van der Waals surface area contributed by atoms with Gasteiger partial charge in [0.05, 0.1) is 24.8 Å². The third-order valence-corrected chi connectivity index (χ3v) is 4.56. The molecule has 3 aromatic rings. The van der Waals surface area contributed by atoms with Crippen LogP contribution in [0.25, 0.3) is 0 Å². The molecule has 30 heavy (non-hydrogen) atoms. The topological polar surface area (TPSA) is 76.5 Å². The Kier molecular flexibility index (Phi) is 7.21. The van der Waals surface area contributed by atoms with Gasteiger partial charge in [0.25, 0.3) is 0 Å². The van der Waals surface area contributed by atoms with Gasteiger partial charge in [-0.25, -0.2) is 0 Å². The fraction of sp³-hybridized carbons (Fsp3) is 0.261. The van der Waals surface area contributed by atoms with Crippen LogP contribution in [0.5, 0.6) is 5.75 Å². The van der Waals surface area contributed by atoms with Gasteiger partial charge in [-0.3, -0.25) is 14.3 Å². The van der Waals surface area contributed by atoms with E-state index in [4.69, 9.17) is 4.74 Å². The first kappa shape index (κ1) is 21.1. The molecule has 0 aliphatic heterocycles. The largest absolute Gasteiger partial charge is 0.492 e. The maximum atomic E-state index is 12.4. The van der Waals surface area contributed by atoms with Gasteiger partial charge in [-0.15, -0.1) is 0 Å². The van der Waals surface area contributed by atoms with Crippen molar-refractivity contribution in [2.45, 2.75) is 19.9 Å². The standard InChI is InChI=1S/C23H26N4O3/c1-18-8-10-21(11-9-18)30-13-12-26(2)23(29)17-27-16-20(15-24-27)25-22(28)14-19-6-4-3-5-7-19/h3-11,15-16H,12-14,17H2,1-2H3,(H,25,28). The van der Waals surface area contributed by atoms with Crippen LogP contribution in [-0.4, -0.2) is 46.7 Å². The highest BCUT2D eigenvalue weighted by atomic mass is 16.5. The van der Waals surface area contributed by atoms with Crippen molar-refractivity contribution in [1.82, 2.24) is 14.7 Å². The smallest absolute Gasteiger partial charge is 0.244 e. The molecule has 2 aromatic carbocycles. The number of hydrogen-bond donors (Lipinski definition) is 1. The van der Waals surface area contributed by atoms with Crippen LogP contribution in [0.2, 0.25) is 0 Å². The number of rotatable bonds is 9. The molecule has 0 fully saturated rings. The fourth-order valence-corrected chi connectivity index (χ4v) is 2.82. The van der Waals surface area contributed by atoms with Crippen molar-refractivity contribution in [3.8, 4) is 5.75 Å². The quantitative estimate of drug-likeness (QED) is 0.593. The fourth-order valence-electron chi connectivity index (χ4n) is 2.82. The van der Waals surface area contributed by atoms with Gasteiger partial charge in [0.1, 0.15) is 18.9 Å². The molecule has 1 heterocycles. The van der Waals surface area contributed by atoms with Crippen LogP contribution in [0.3, 0.4) is 0 Å². The molecule has 7 heteroatoms. The van der Waals surface area contributed by atoms with Crippen LogP contribution in [0.4, 0.5) is 5.69 Å². The predicted molar refractivity (Wildman–Crippen MR) is 115 cm³/mol. The third kappa shape index (κ3) is 6.48. The first-order valence-corrected chi connectivity index (χ1v) is 9.79. The average molecular weight is 406 g/mol. The molecule has 0 aliphatic rings. The molecule has 0 spiro atoms. The number of ether oxygens (including phenoxy) is 1. The summed E-state index contributed by atoms with van der Waals surface area (Å²) in [5.74, 6) is 0.564. The molecule has 7 nitrogen and oxygen atoms in total. The van der Waals surface area contributed by atoms with Crippen molar-refractivity contribution in [3.05, 3.63) is 78.1 Å². The SMILES string of the molecule is Cc1ccc(OCCN(C)C(=O)Cn2cc(NC(=O)Cc3ccccc3)cn2)cc1. The van der Waals surface area contributed by atoms with Gasteiger partial charge in [0.15, 0.2) is 0 Å². The summed E-state index contributed by atoms with van der Waals surface area (Å²) in [4.78, 5) is 26.1. The van der Waals surface area contributed by atoms with Crippen molar-refractivity contribution < 1.29 is 14.3 Å². The van der Waals surface area contributed by atoms with Crippen LogP contribution < -0.4 is 10.1 Å². The number of nitrogens with zero attached hydrogens (tertiary/aromatic N) is 3. The molecule has 156 valence electrons. The Hall–Kier alpha value is -3.61. The van der Waals surface area contributed by atoms with E-state index in [2.05, 4.69) is 10.4 Å². The number of benzene rings is 2. The lowest BCUT2D eigenvalue weighted by molar-refractivity contribution is -0.131. The number of aromatic nitrogens is 2. The average Bonchev–Trinajstić information content (AvgIpc) is 3.16. The van der Waals surface area contributed by atoms with Gasteiger partial charge in [0.2, 0.25) is 11.8 Å². The van der Waals surface area contributed by atoms with Gasteiger partial charge in [0, 0.05) is 13.2 Å². The normalized spacial score (nSPS) is 10.5. The van der Waals surface area contributed by atoms with Crippen molar-refractivity contribution in [1.29, 1.82) is 0 Å². The Morgan fingerprint density at radius 1 is 1.10 bits per heavy atom. The second-order valence-corrected chi connectivity index (χ2v) is 7.11. The molecule has 0 aliphatic carbocycles. The van der Waals surface area contributed by atoms with E-state index in [9.17, 15) is 9.59 Å². The van der Waals surface area contributed by atoms with Gasteiger partial charge < -0.3 is 15.0 Å². The molecule has 3 rings (SSSR count). The first-order chi connectivity index (χ1) is 14.5. The molecule has 1 N–H and O–H groups in total. The Labute approximate surface area is 176 Å². The Balaban J connectivity index is 1.42. The summed E-state index contributed by atoms with van der Waals surface area (Å²) < 4.78 is 7.18. The van der Waals surface area contributed by atoms with E-state index in [-0.39, 0.29) is 24.8 Å². The zero-order valence-electron chi connectivity index (χ0n) is 17.2. The molecule has 0 atom stereocenters. The predicted octanol–water partition coefficient (Wildman–Crippen LogP) is 2.91. The van der Waals surface area contributed by atoms with Crippen LogP contribution in [-0.2, 0) is 22.6 Å².